The molecule has 18 heavy (non-hydrogen) atoms. The predicted molar refractivity (Wildman–Crippen MR) is 74.8 cm³/mol. The summed E-state index contributed by atoms with van der Waals surface area (Å²) in [5.74, 6) is 0. The summed E-state index contributed by atoms with van der Waals surface area (Å²) in [7, 11) is 0. The van der Waals surface area contributed by atoms with Gasteiger partial charge in [0.25, 0.3) is 0 Å². The van der Waals surface area contributed by atoms with E-state index in [1.807, 2.05) is 0 Å². The van der Waals surface area contributed by atoms with E-state index >= 15 is 0 Å². The van der Waals surface area contributed by atoms with E-state index < -0.39 is 0 Å². The third kappa shape index (κ3) is 12.3. The summed E-state index contributed by atoms with van der Waals surface area (Å²) >= 11 is 0. The van der Waals surface area contributed by atoms with Crippen molar-refractivity contribution in [2.75, 3.05) is 46.1 Å². The van der Waals surface area contributed by atoms with Gasteiger partial charge in [0.05, 0.1) is 26.4 Å². The Kier molecular flexibility index (Phi) is 14.8. The molecule has 2 N–H and O–H groups in total. The molecule has 0 radical (unpaired) electrons. The second kappa shape index (κ2) is 14.9. The fraction of sp³-hybridized carbons (Fsp3) is 1.00. The molecule has 0 aliphatic rings. The van der Waals surface area contributed by atoms with Crippen molar-refractivity contribution in [3.05, 3.63) is 0 Å². The Morgan fingerprint density at radius 2 is 1.50 bits per heavy atom. The van der Waals surface area contributed by atoms with Crippen molar-refractivity contribution in [1.82, 2.24) is 4.90 Å². The van der Waals surface area contributed by atoms with Gasteiger partial charge in [-0.15, -0.1) is 0 Å². The Balaban J connectivity index is 3.44. The van der Waals surface area contributed by atoms with Crippen LogP contribution in [0.1, 0.15) is 45.4 Å². The maximum atomic E-state index is 8.99. The van der Waals surface area contributed by atoms with Crippen LogP contribution in [0.3, 0.4) is 0 Å². The molecule has 0 amide bonds. The molecule has 0 aromatic carbocycles. The average molecular weight is 261 g/mol. The van der Waals surface area contributed by atoms with Gasteiger partial charge >= 0.3 is 0 Å². The molecule has 0 atom stereocenters. The largest absolute Gasteiger partial charge is 0.395 e. The van der Waals surface area contributed by atoms with E-state index in [2.05, 4.69) is 11.8 Å². The normalized spacial score (nSPS) is 11.3. The highest BCUT2D eigenvalue weighted by atomic mass is 16.5. The van der Waals surface area contributed by atoms with Crippen molar-refractivity contribution >= 4 is 0 Å². The van der Waals surface area contributed by atoms with Crippen molar-refractivity contribution in [2.45, 2.75) is 45.4 Å². The summed E-state index contributed by atoms with van der Waals surface area (Å²) in [4.78, 5) is 2.23. The maximum absolute atomic E-state index is 8.99. The van der Waals surface area contributed by atoms with E-state index in [1.165, 1.54) is 38.5 Å². The lowest BCUT2D eigenvalue weighted by atomic mass is 10.1. The Bertz CT molecular complexity index is 156. The molecule has 0 unspecified atom stereocenters. The number of aliphatic hydroxyl groups excluding tert-OH is 2. The van der Waals surface area contributed by atoms with Crippen LogP contribution >= 0.6 is 0 Å². The van der Waals surface area contributed by atoms with E-state index in [0.717, 1.165) is 19.6 Å². The van der Waals surface area contributed by atoms with Crippen LogP contribution in [0.15, 0.2) is 0 Å². The van der Waals surface area contributed by atoms with Crippen LogP contribution < -0.4 is 0 Å². The van der Waals surface area contributed by atoms with Crippen LogP contribution in [0, 0.1) is 0 Å². The zero-order valence-corrected chi connectivity index (χ0v) is 11.9. The molecule has 0 fully saturated rings. The van der Waals surface area contributed by atoms with E-state index in [1.54, 1.807) is 0 Å². The van der Waals surface area contributed by atoms with Crippen LogP contribution in [0.25, 0.3) is 0 Å². The molecule has 4 heteroatoms. The van der Waals surface area contributed by atoms with Gasteiger partial charge in [-0.1, -0.05) is 39.0 Å². The topological polar surface area (TPSA) is 52.9 Å². The Morgan fingerprint density at radius 1 is 0.778 bits per heavy atom. The van der Waals surface area contributed by atoms with Crippen LogP contribution in [-0.4, -0.2) is 61.2 Å². The lowest BCUT2D eigenvalue weighted by Gasteiger charge is -2.21. The second-order valence-electron chi connectivity index (χ2n) is 4.67. The molecule has 4 nitrogen and oxygen atoms in total. The van der Waals surface area contributed by atoms with Gasteiger partial charge in [-0.2, -0.15) is 0 Å². The zero-order chi connectivity index (χ0) is 13.5. The molecule has 0 saturated heterocycles. The number of ether oxygens (including phenoxy) is 1. The number of nitrogens with zero attached hydrogens (tertiary/aromatic N) is 1. The van der Waals surface area contributed by atoms with Gasteiger partial charge in [0.1, 0.15) is 0 Å². The van der Waals surface area contributed by atoms with Crippen molar-refractivity contribution < 1.29 is 14.9 Å². The van der Waals surface area contributed by atoms with Gasteiger partial charge in [-0.05, 0) is 13.0 Å². The van der Waals surface area contributed by atoms with E-state index in [4.69, 9.17) is 14.9 Å². The summed E-state index contributed by atoms with van der Waals surface area (Å²) in [6.07, 6.45) is 7.77. The van der Waals surface area contributed by atoms with Crippen LogP contribution in [-0.2, 0) is 4.74 Å². The average Bonchev–Trinajstić information content (AvgIpc) is 2.38. The molecule has 0 saturated carbocycles. The Hall–Kier alpha value is -0.160. The summed E-state index contributed by atoms with van der Waals surface area (Å²) in [5, 5.41) is 17.6. The predicted octanol–water partition coefficient (Wildman–Crippen LogP) is 1.65. The van der Waals surface area contributed by atoms with Gasteiger partial charge in [0.2, 0.25) is 0 Å². The van der Waals surface area contributed by atoms with Gasteiger partial charge in [0.15, 0.2) is 0 Å². The molecule has 0 rings (SSSR count). The molecule has 0 heterocycles. The number of rotatable bonds is 14. The minimum atomic E-state index is 0.0808. The minimum absolute atomic E-state index is 0.0808. The molecular weight excluding hydrogens is 230 g/mol. The molecular formula is C14H31NO3. The highest BCUT2D eigenvalue weighted by Gasteiger charge is 2.03. The van der Waals surface area contributed by atoms with Gasteiger partial charge < -0.3 is 14.9 Å². The molecule has 0 bridgehead atoms. The van der Waals surface area contributed by atoms with E-state index in [0.29, 0.717) is 13.2 Å². The van der Waals surface area contributed by atoms with Gasteiger partial charge in [0, 0.05) is 13.1 Å². The first-order valence-electron chi connectivity index (χ1n) is 7.37. The fourth-order valence-electron chi connectivity index (χ4n) is 1.95. The summed E-state index contributed by atoms with van der Waals surface area (Å²) in [6.45, 7) is 6.16. The third-order valence-corrected chi connectivity index (χ3v) is 3.03. The summed E-state index contributed by atoms with van der Waals surface area (Å²) in [6, 6.07) is 0. The highest BCUT2D eigenvalue weighted by molar-refractivity contribution is 4.57. The van der Waals surface area contributed by atoms with E-state index in [9.17, 15) is 0 Å². The molecule has 0 aromatic rings. The van der Waals surface area contributed by atoms with Crippen LogP contribution in [0.2, 0.25) is 0 Å². The van der Waals surface area contributed by atoms with Crippen molar-refractivity contribution in [3.8, 4) is 0 Å². The first-order chi connectivity index (χ1) is 8.85. The second-order valence-corrected chi connectivity index (χ2v) is 4.67. The zero-order valence-electron chi connectivity index (χ0n) is 11.9. The quantitative estimate of drug-likeness (QED) is 0.467. The first kappa shape index (κ1) is 17.8. The minimum Gasteiger partial charge on any atom is -0.395 e. The molecule has 0 aromatic heterocycles. The third-order valence-electron chi connectivity index (χ3n) is 3.03. The summed E-state index contributed by atoms with van der Waals surface area (Å²) < 4.78 is 5.25. The Labute approximate surface area is 112 Å². The number of hydrogen-bond acceptors (Lipinski definition) is 4. The molecule has 0 spiro atoms. The van der Waals surface area contributed by atoms with Crippen molar-refractivity contribution in [2.24, 2.45) is 0 Å². The van der Waals surface area contributed by atoms with E-state index in [-0.39, 0.29) is 13.2 Å². The number of aliphatic hydroxyl groups is 2. The van der Waals surface area contributed by atoms with Crippen molar-refractivity contribution in [3.63, 3.8) is 0 Å². The highest BCUT2D eigenvalue weighted by Crippen LogP contribution is 2.05. The lowest BCUT2D eigenvalue weighted by Crippen LogP contribution is -2.31. The van der Waals surface area contributed by atoms with Crippen LogP contribution in [0.5, 0.6) is 0 Å². The SMILES string of the molecule is CCCCCCCCN(CCO)CCOCCO. The molecule has 110 valence electrons. The monoisotopic (exact) mass is 261 g/mol. The van der Waals surface area contributed by atoms with Crippen molar-refractivity contribution in [1.29, 1.82) is 0 Å². The summed E-state index contributed by atoms with van der Waals surface area (Å²) in [5.41, 5.74) is 0. The lowest BCUT2D eigenvalue weighted by molar-refractivity contribution is 0.0689. The fourth-order valence-corrected chi connectivity index (χ4v) is 1.95. The van der Waals surface area contributed by atoms with Gasteiger partial charge in [-0.25, -0.2) is 0 Å². The maximum Gasteiger partial charge on any atom is 0.0698 e. The first-order valence-corrected chi connectivity index (χ1v) is 7.37. The number of hydrogen-bond donors (Lipinski definition) is 2. The number of unbranched alkanes of at least 4 members (excludes halogenated alkanes) is 5. The molecule has 0 aliphatic carbocycles. The standard InChI is InChI=1S/C14H31NO3/c1-2-3-4-5-6-7-8-15(9-11-16)10-13-18-14-12-17/h16-17H,2-14H2,1H3. The van der Waals surface area contributed by atoms with Crippen LogP contribution in [0.4, 0.5) is 0 Å². The van der Waals surface area contributed by atoms with Gasteiger partial charge in [-0.3, -0.25) is 4.90 Å². The molecule has 0 aliphatic heterocycles. The smallest absolute Gasteiger partial charge is 0.0698 e. The Morgan fingerprint density at radius 3 is 2.17 bits per heavy atom.